The van der Waals surface area contributed by atoms with Crippen molar-refractivity contribution in [2.24, 2.45) is 0 Å². The third kappa shape index (κ3) is 3.47. The summed E-state index contributed by atoms with van der Waals surface area (Å²) in [4.78, 5) is 26.0. The molecule has 2 aromatic rings. The van der Waals surface area contributed by atoms with E-state index in [4.69, 9.17) is 14.2 Å². The predicted molar refractivity (Wildman–Crippen MR) is 107 cm³/mol. The molecule has 0 radical (unpaired) electrons. The molecule has 10 nitrogen and oxygen atoms in total. The third-order valence-corrected chi connectivity index (χ3v) is 5.69. The van der Waals surface area contributed by atoms with E-state index in [2.05, 4.69) is 0 Å². The molecule has 0 saturated carbocycles. The topological polar surface area (TPSA) is 163 Å². The lowest BCUT2D eigenvalue weighted by molar-refractivity contribution is -0.304. The molecule has 0 bridgehead atoms. The zero-order chi connectivity index (χ0) is 23.2. The zero-order valence-corrected chi connectivity index (χ0v) is 17.0. The average Bonchev–Trinajstić information content (AvgIpc) is 2.80. The smallest absolute Gasteiger partial charge is 0.198 e. The molecule has 1 heterocycles. The van der Waals surface area contributed by atoms with Gasteiger partial charge in [0.2, 0.25) is 0 Å². The van der Waals surface area contributed by atoms with E-state index in [0.29, 0.717) is 0 Å². The maximum Gasteiger partial charge on any atom is 0.198 e. The van der Waals surface area contributed by atoms with Crippen LogP contribution in [0.4, 0.5) is 0 Å². The Labute approximate surface area is 182 Å². The van der Waals surface area contributed by atoms with Crippen molar-refractivity contribution < 1.29 is 49.3 Å². The molecule has 0 spiro atoms. The van der Waals surface area contributed by atoms with E-state index in [1.54, 1.807) is 12.1 Å². The van der Waals surface area contributed by atoms with E-state index in [1.807, 2.05) is 0 Å². The molecule has 1 saturated heterocycles. The number of aromatic hydroxyl groups is 1. The number of phenols is 1. The second-order valence-corrected chi connectivity index (χ2v) is 7.54. The van der Waals surface area contributed by atoms with E-state index >= 15 is 0 Å². The van der Waals surface area contributed by atoms with Gasteiger partial charge in [-0.05, 0) is 6.07 Å². The fraction of sp³-hybridized carbons (Fsp3) is 0.364. The number of phenolic OH excluding ortho intramolecular Hbond substituents is 1. The molecule has 2 aromatic carbocycles. The number of benzene rings is 2. The van der Waals surface area contributed by atoms with Crippen molar-refractivity contribution >= 4 is 11.6 Å². The maximum absolute atomic E-state index is 13.1. The summed E-state index contributed by atoms with van der Waals surface area (Å²) in [6, 6.07) is 7.47. The van der Waals surface area contributed by atoms with Gasteiger partial charge >= 0.3 is 0 Å². The van der Waals surface area contributed by atoms with Crippen molar-refractivity contribution in [2.45, 2.75) is 37.3 Å². The first-order valence-corrected chi connectivity index (χ1v) is 9.83. The highest BCUT2D eigenvalue weighted by Crippen LogP contribution is 2.40. The molecule has 1 aliphatic carbocycles. The van der Waals surface area contributed by atoms with Crippen LogP contribution >= 0.6 is 0 Å². The third-order valence-electron chi connectivity index (χ3n) is 5.69. The number of hydrogen-bond donors (Lipinski definition) is 5. The lowest BCUT2D eigenvalue weighted by Gasteiger charge is -2.39. The Morgan fingerprint density at radius 3 is 2.25 bits per heavy atom. The number of hydrogen-bond acceptors (Lipinski definition) is 10. The van der Waals surface area contributed by atoms with Gasteiger partial charge in [0.05, 0.1) is 31.5 Å². The summed E-state index contributed by atoms with van der Waals surface area (Å²) in [6.45, 7) is -1.07. The second kappa shape index (κ2) is 8.58. The molecular weight excluding hydrogens is 424 g/mol. The van der Waals surface area contributed by atoms with Crippen LogP contribution in [0.15, 0.2) is 30.3 Å². The molecule has 1 fully saturated rings. The van der Waals surface area contributed by atoms with Gasteiger partial charge in [-0.1, -0.05) is 24.3 Å². The largest absolute Gasteiger partial charge is 0.507 e. The summed E-state index contributed by atoms with van der Waals surface area (Å²) in [7, 11) is 1.27. The van der Waals surface area contributed by atoms with Crippen molar-refractivity contribution in [2.75, 3.05) is 13.7 Å². The van der Waals surface area contributed by atoms with Gasteiger partial charge in [0, 0.05) is 16.7 Å². The molecule has 170 valence electrons. The summed E-state index contributed by atoms with van der Waals surface area (Å²) in [5.41, 5.74) is 0.399. The fourth-order valence-electron chi connectivity index (χ4n) is 3.98. The van der Waals surface area contributed by atoms with Crippen molar-refractivity contribution in [3.8, 4) is 11.5 Å². The van der Waals surface area contributed by atoms with E-state index in [1.165, 1.54) is 19.2 Å². The van der Waals surface area contributed by atoms with E-state index < -0.39 is 55.5 Å². The molecule has 0 amide bonds. The van der Waals surface area contributed by atoms with Crippen LogP contribution in [0.3, 0.4) is 0 Å². The van der Waals surface area contributed by atoms with Gasteiger partial charge in [0.1, 0.15) is 35.9 Å². The van der Waals surface area contributed by atoms with Crippen LogP contribution < -0.4 is 4.74 Å². The Kier molecular flexibility index (Phi) is 5.99. The van der Waals surface area contributed by atoms with Crippen molar-refractivity contribution in [1.82, 2.24) is 0 Å². The van der Waals surface area contributed by atoms with Crippen LogP contribution in [0.5, 0.6) is 11.5 Å². The molecule has 2 aliphatic rings. The number of aliphatic hydroxyl groups excluding tert-OH is 4. The van der Waals surface area contributed by atoms with E-state index in [0.717, 1.165) is 6.07 Å². The number of fused-ring (bicyclic) bond motifs is 2. The molecule has 10 heteroatoms. The summed E-state index contributed by atoms with van der Waals surface area (Å²) in [5.74, 6) is -1.35. The first-order chi connectivity index (χ1) is 15.3. The monoisotopic (exact) mass is 446 g/mol. The summed E-state index contributed by atoms with van der Waals surface area (Å²) >= 11 is 0. The number of carbonyl (C=O) groups is 2. The van der Waals surface area contributed by atoms with Gasteiger partial charge < -0.3 is 39.7 Å². The molecule has 0 unspecified atom stereocenters. The number of ether oxygens (including phenoxy) is 3. The van der Waals surface area contributed by atoms with E-state index in [-0.39, 0.29) is 39.3 Å². The number of aliphatic hydroxyl groups is 4. The molecule has 1 aliphatic heterocycles. The number of rotatable bonds is 5. The maximum atomic E-state index is 13.1. The Morgan fingerprint density at radius 1 is 0.969 bits per heavy atom. The number of methoxy groups -OCH3 is 1. The highest BCUT2D eigenvalue weighted by Gasteiger charge is 2.44. The number of carbonyl (C=O) groups excluding carboxylic acids is 2. The van der Waals surface area contributed by atoms with Gasteiger partial charge in [-0.15, -0.1) is 0 Å². The minimum atomic E-state index is -1.64. The minimum absolute atomic E-state index is 0.0142. The molecule has 5 atom stereocenters. The zero-order valence-electron chi connectivity index (χ0n) is 17.0. The Bertz CT molecular complexity index is 1060. The van der Waals surface area contributed by atoms with Gasteiger partial charge in [-0.25, -0.2) is 0 Å². The van der Waals surface area contributed by atoms with Crippen LogP contribution in [0, 0.1) is 0 Å². The van der Waals surface area contributed by atoms with Crippen molar-refractivity contribution in [1.29, 1.82) is 0 Å². The number of ketones is 2. The normalized spacial score (nSPS) is 27.1. The van der Waals surface area contributed by atoms with Gasteiger partial charge in [0.15, 0.2) is 17.9 Å². The first-order valence-electron chi connectivity index (χ1n) is 9.83. The Balaban J connectivity index is 1.68. The quantitative estimate of drug-likeness (QED) is 0.345. The Hall–Kier alpha value is -2.86. The molecular formula is C22H22O10. The van der Waals surface area contributed by atoms with Gasteiger partial charge in [0.25, 0.3) is 0 Å². The fourth-order valence-corrected chi connectivity index (χ4v) is 3.98. The van der Waals surface area contributed by atoms with Crippen LogP contribution in [0.1, 0.15) is 37.4 Å². The van der Waals surface area contributed by atoms with Crippen LogP contribution in [0.2, 0.25) is 0 Å². The van der Waals surface area contributed by atoms with Gasteiger partial charge in [-0.3, -0.25) is 9.59 Å². The van der Waals surface area contributed by atoms with Gasteiger partial charge in [-0.2, -0.15) is 0 Å². The Morgan fingerprint density at radius 2 is 1.62 bits per heavy atom. The lowest BCUT2D eigenvalue weighted by atomic mass is 9.82. The summed E-state index contributed by atoms with van der Waals surface area (Å²) < 4.78 is 16.1. The predicted octanol–water partition coefficient (Wildman–Crippen LogP) is -0.507. The van der Waals surface area contributed by atoms with Crippen molar-refractivity contribution in [3.63, 3.8) is 0 Å². The molecule has 4 rings (SSSR count). The highest BCUT2D eigenvalue weighted by atomic mass is 16.7. The molecule has 32 heavy (non-hydrogen) atoms. The van der Waals surface area contributed by atoms with Crippen LogP contribution in [0.25, 0.3) is 0 Å². The summed E-state index contributed by atoms with van der Waals surface area (Å²) in [5, 5.41) is 49.8. The van der Waals surface area contributed by atoms with Crippen LogP contribution in [-0.4, -0.2) is 81.5 Å². The lowest BCUT2D eigenvalue weighted by Crippen LogP contribution is -2.59. The van der Waals surface area contributed by atoms with Crippen LogP contribution in [-0.2, 0) is 16.1 Å². The minimum Gasteiger partial charge on any atom is -0.507 e. The molecule has 0 aromatic heterocycles. The first kappa shape index (κ1) is 22.3. The average molecular weight is 446 g/mol. The standard InChI is InChI=1S/C22H22O10/c1-30-21-12(8-31-22-20(29)19(28)18(27)14(7-23)32-22)13(24)6-11-15(21)17(26)10-5-3-2-4-9(10)16(11)25/h2-6,14,18-20,22-24,27-29H,7-8H2,1H3/t14-,18-,19+,20-,22-/m1/s1. The van der Waals surface area contributed by atoms with E-state index in [9.17, 15) is 35.1 Å². The SMILES string of the molecule is COc1c(CO[C@@H]2O[C@H](CO)[C@@H](O)[C@H](O)[C@H]2O)c(O)cc2c1C(=O)c1ccccc1C2=O. The van der Waals surface area contributed by atoms with Crippen molar-refractivity contribution in [3.05, 3.63) is 58.1 Å². The highest BCUT2D eigenvalue weighted by molar-refractivity contribution is 6.29. The second-order valence-electron chi connectivity index (χ2n) is 7.54. The molecule has 5 N–H and O–H groups in total. The summed E-state index contributed by atoms with van der Waals surface area (Å²) in [6.07, 6.45) is -7.46.